The molecular formula is C13H14N2O4. The first-order valence-electron chi connectivity index (χ1n) is 6.33. The van der Waals surface area contributed by atoms with Crippen LogP contribution in [0.15, 0.2) is 23.1 Å². The highest BCUT2D eigenvalue weighted by Gasteiger charge is 2.51. The number of aromatic amines is 1. The number of hydrogen-bond donors (Lipinski definition) is 2. The monoisotopic (exact) mass is 262 g/mol. The first-order valence-corrected chi connectivity index (χ1v) is 6.33. The molecule has 3 rings (SSSR count). The third kappa shape index (κ3) is 1.75. The van der Waals surface area contributed by atoms with Crippen molar-refractivity contribution in [2.75, 3.05) is 0 Å². The fraction of sp³-hybridized carbons (Fsp3) is 0.462. The van der Waals surface area contributed by atoms with Crippen molar-refractivity contribution in [3.8, 4) is 0 Å². The zero-order chi connectivity index (χ0) is 13.6. The Hall–Kier alpha value is -2.11. The van der Waals surface area contributed by atoms with Gasteiger partial charge in [-0.25, -0.2) is 0 Å². The molecule has 1 aromatic rings. The molecule has 2 saturated heterocycles. The fourth-order valence-corrected chi connectivity index (χ4v) is 3.30. The van der Waals surface area contributed by atoms with Gasteiger partial charge in [0.1, 0.15) is 5.56 Å². The number of carbonyl (C=O) groups excluding carboxylic acids is 1. The molecule has 0 spiro atoms. The summed E-state index contributed by atoms with van der Waals surface area (Å²) < 4.78 is 0. The van der Waals surface area contributed by atoms with E-state index in [1.54, 1.807) is 11.0 Å². The minimum Gasteiger partial charge on any atom is -0.481 e. The molecule has 0 aromatic carbocycles. The number of carbonyl (C=O) groups is 2. The normalized spacial score (nSPS) is 28.6. The van der Waals surface area contributed by atoms with E-state index in [0.29, 0.717) is 12.8 Å². The predicted octanol–water partition coefficient (Wildman–Crippen LogP) is 0.453. The minimum absolute atomic E-state index is 0.0433. The second kappa shape index (κ2) is 4.22. The molecule has 6 heteroatoms. The number of hydrogen-bond acceptors (Lipinski definition) is 3. The van der Waals surface area contributed by atoms with Gasteiger partial charge in [-0.15, -0.1) is 0 Å². The van der Waals surface area contributed by atoms with E-state index in [1.165, 1.54) is 12.3 Å². The van der Waals surface area contributed by atoms with E-state index in [4.69, 9.17) is 5.11 Å². The molecule has 3 unspecified atom stereocenters. The highest BCUT2D eigenvalue weighted by molar-refractivity contribution is 5.95. The van der Waals surface area contributed by atoms with Crippen LogP contribution in [0, 0.1) is 5.92 Å². The smallest absolute Gasteiger partial charge is 0.308 e. The maximum absolute atomic E-state index is 12.4. The summed E-state index contributed by atoms with van der Waals surface area (Å²) in [6.45, 7) is 0. The third-order valence-corrected chi connectivity index (χ3v) is 4.14. The molecule has 2 fully saturated rings. The topological polar surface area (TPSA) is 90.5 Å². The molecule has 2 aliphatic heterocycles. The van der Waals surface area contributed by atoms with Gasteiger partial charge in [0.05, 0.1) is 5.92 Å². The van der Waals surface area contributed by atoms with Gasteiger partial charge in [0.2, 0.25) is 0 Å². The zero-order valence-electron chi connectivity index (χ0n) is 10.2. The maximum Gasteiger partial charge on any atom is 0.308 e. The van der Waals surface area contributed by atoms with Gasteiger partial charge in [0, 0.05) is 18.3 Å². The van der Waals surface area contributed by atoms with Crippen molar-refractivity contribution in [2.24, 2.45) is 5.92 Å². The fourth-order valence-electron chi connectivity index (χ4n) is 3.30. The van der Waals surface area contributed by atoms with E-state index in [9.17, 15) is 14.4 Å². The molecule has 0 aliphatic carbocycles. The van der Waals surface area contributed by atoms with Gasteiger partial charge >= 0.3 is 5.97 Å². The second-order valence-electron chi connectivity index (χ2n) is 5.10. The van der Waals surface area contributed by atoms with Gasteiger partial charge < -0.3 is 15.0 Å². The SMILES string of the molecule is O=C(O)C1CC2CCC1N2C(=O)c1ccc[nH]c1=O. The number of nitrogens with zero attached hydrogens (tertiary/aromatic N) is 1. The first-order chi connectivity index (χ1) is 9.09. The molecule has 1 amide bonds. The van der Waals surface area contributed by atoms with E-state index in [2.05, 4.69) is 4.98 Å². The average Bonchev–Trinajstić information content (AvgIpc) is 2.96. The molecule has 6 nitrogen and oxygen atoms in total. The number of carboxylic acids is 1. The standard InChI is InChI=1S/C13H14N2O4/c16-11-8(2-1-5-14-11)12(17)15-7-3-4-10(15)9(6-7)13(18)19/h1-2,5,7,9-10H,3-4,6H2,(H,14,16)(H,18,19). The second-order valence-corrected chi connectivity index (χ2v) is 5.10. The van der Waals surface area contributed by atoms with Crippen LogP contribution in [0.2, 0.25) is 0 Å². The summed E-state index contributed by atoms with van der Waals surface area (Å²) in [7, 11) is 0. The van der Waals surface area contributed by atoms with Gasteiger partial charge in [0.25, 0.3) is 11.5 Å². The van der Waals surface area contributed by atoms with Crippen molar-refractivity contribution in [1.82, 2.24) is 9.88 Å². The molecular weight excluding hydrogens is 248 g/mol. The number of carboxylic acid groups (broad SMARTS) is 1. The van der Waals surface area contributed by atoms with Crippen LogP contribution in [0.1, 0.15) is 29.6 Å². The van der Waals surface area contributed by atoms with Crippen molar-refractivity contribution in [1.29, 1.82) is 0 Å². The Bertz CT molecular complexity index is 594. The van der Waals surface area contributed by atoms with Crippen LogP contribution in [0.3, 0.4) is 0 Å². The maximum atomic E-state index is 12.4. The summed E-state index contributed by atoms with van der Waals surface area (Å²) in [5, 5.41) is 9.15. The highest BCUT2D eigenvalue weighted by atomic mass is 16.4. The first kappa shape index (κ1) is 12.0. The molecule has 3 atom stereocenters. The molecule has 1 aromatic heterocycles. The minimum atomic E-state index is -0.855. The van der Waals surface area contributed by atoms with Crippen LogP contribution in [-0.2, 0) is 4.79 Å². The zero-order valence-corrected chi connectivity index (χ0v) is 10.2. The van der Waals surface area contributed by atoms with Crippen molar-refractivity contribution in [3.63, 3.8) is 0 Å². The van der Waals surface area contributed by atoms with Crippen LogP contribution >= 0.6 is 0 Å². The van der Waals surface area contributed by atoms with Gasteiger partial charge in [-0.3, -0.25) is 14.4 Å². The molecule has 0 radical (unpaired) electrons. The van der Waals surface area contributed by atoms with E-state index in [0.717, 1.165) is 6.42 Å². The van der Waals surface area contributed by atoms with Crippen LogP contribution < -0.4 is 5.56 Å². The van der Waals surface area contributed by atoms with Gasteiger partial charge in [-0.05, 0) is 31.4 Å². The Labute approximate surface area is 109 Å². The lowest BCUT2D eigenvalue weighted by Crippen LogP contribution is -2.40. The number of fused-ring (bicyclic) bond motifs is 2. The number of aliphatic carboxylic acids is 1. The van der Waals surface area contributed by atoms with Gasteiger partial charge in [-0.1, -0.05) is 0 Å². The van der Waals surface area contributed by atoms with E-state index >= 15 is 0 Å². The lowest BCUT2D eigenvalue weighted by atomic mass is 9.89. The van der Waals surface area contributed by atoms with Crippen molar-refractivity contribution in [3.05, 3.63) is 34.2 Å². The molecule has 3 heterocycles. The number of nitrogens with one attached hydrogen (secondary N) is 1. The van der Waals surface area contributed by atoms with E-state index in [1.807, 2.05) is 0 Å². The Kier molecular flexibility index (Phi) is 2.66. The number of H-pyrrole nitrogens is 1. The van der Waals surface area contributed by atoms with Gasteiger partial charge in [-0.2, -0.15) is 0 Å². The highest BCUT2D eigenvalue weighted by Crippen LogP contribution is 2.42. The number of aromatic nitrogens is 1. The summed E-state index contributed by atoms with van der Waals surface area (Å²) in [6.07, 6.45) is 3.50. The van der Waals surface area contributed by atoms with Crippen molar-refractivity contribution in [2.45, 2.75) is 31.3 Å². The Morgan fingerprint density at radius 1 is 1.37 bits per heavy atom. The molecule has 2 bridgehead atoms. The Morgan fingerprint density at radius 2 is 2.16 bits per heavy atom. The van der Waals surface area contributed by atoms with Gasteiger partial charge in [0.15, 0.2) is 0 Å². The lowest BCUT2D eigenvalue weighted by molar-refractivity contribution is -0.142. The predicted molar refractivity (Wildman–Crippen MR) is 65.8 cm³/mol. The lowest BCUT2D eigenvalue weighted by Gasteiger charge is -2.22. The van der Waals surface area contributed by atoms with Crippen LogP contribution in [0.25, 0.3) is 0 Å². The largest absolute Gasteiger partial charge is 0.481 e. The van der Waals surface area contributed by atoms with Crippen molar-refractivity contribution >= 4 is 11.9 Å². The summed E-state index contributed by atoms with van der Waals surface area (Å²) >= 11 is 0. The van der Waals surface area contributed by atoms with Crippen LogP contribution in [0.5, 0.6) is 0 Å². The molecule has 2 N–H and O–H groups in total. The van der Waals surface area contributed by atoms with E-state index in [-0.39, 0.29) is 23.6 Å². The molecule has 100 valence electrons. The molecule has 19 heavy (non-hydrogen) atoms. The number of rotatable bonds is 2. The molecule has 0 saturated carbocycles. The number of pyridine rings is 1. The Morgan fingerprint density at radius 3 is 2.79 bits per heavy atom. The molecule has 2 aliphatic rings. The third-order valence-electron chi connectivity index (χ3n) is 4.14. The number of amides is 1. The summed E-state index contributed by atoms with van der Waals surface area (Å²) in [5.41, 5.74) is -0.337. The van der Waals surface area contributed by atoms with Crippen LogP contribution in [0.4, 0.5) is 0 Å². The van der Waals surface area contributed by atoms with E-state index < -0.39 is 17.4 Å². The van der Waals surface area contributed by atoms with Crippen LogP contribution in [-0.4, -0.2) is 39.0 Å². The Balaban J connectivity index is 1.92. The summed E-state index contributed by atoms with van der Waals surface area (Å²) in [6, 6.07) is 2.77. The summed E-state index contributed by atoms with van der Waals surface area (Å²) in [4.78, 5) is 39.3. The quantitative estimate of drug-likeness (QED) is 0.809. The average molecular weight is 262 g/mol. The van der Waals surface area contributed by atoms with Crippen molar-refractivity contribution < 1.29 is 14.7 Å². The summed E-state index contributed by atoms with van der Waals surface area (Å²) in [5.74, 6) is -1.70.